The molecule has 0 saturated carbocycles. The number of nitrogens with one attached hydrogen (secondary N) is 1. The summed E-state index contributed by atoms with van der Waals surface area (Å²) in [5, 5.41) is 2.52. The number of ether oxygens (including phenoxy) is 1. The third-order valence-corrected chi connectivity index (χ3v) is 3.87. The molecule has 0 fully saturated rings. The summed E-state index contributed by atoms with van der Waals surface area (Å²) in [7, 11) is 0. The smallest absolute Gasteiger partial charge is 0.387 e. The molecule has 0 bridgehead atoms. The molecule has 8 heteroatoms. The van der Waals surface area contributed by atoms with E-state index >= 15 is 0 Å². The fraction of sp³-hybridized carbons (Fsp3) is 0.235. The SMILES string of the molecule is O=C(CCc1c(F)cccc1F)NCc1cc(Br)ccc1OC(F)F. The Morgan fingerprint density at radius 3 is 2.48 bits per heavy atom. The molecule has 0 aliphatic heterocycles. The molecule has 2 aromatic carbocycles. The maximum Gasteiger partial charge on any atom is 0.387 e. The van der Waals surface area contributed by atoms with Crippen LogP contribution in [0.2, 0.25) is 0 Å². The van der Waals surface area contributed by atoms with Gasteiger partial charge in [0.2, 0.25) is 5.91 Å². The van der Waals surface area contributed by atoms with Crippen molar-refractivity contribution in [2.75, 3.05) is 0 Å². The fourth-order valence-electron chi connectivity index (χ4n) is 2.19. The van der Waals surface area contributed by atoms with Crippen LogP contribution in [-0.2, 0) is 17.8 Å². The molecule has 25 heavy (non-hydrogen) atoms. The first-order chi connectivity index (χ1) is 11.9. The van der Waals surface area contributed by atoms with Crippen molar-refractivity contribution in [3.63, 3.8) is 0 Å². The van der Waals surface area contributed by atoms with Gasteiger partial charge in [-0.25, -0.2) is 8.78 Å². The lowest BCUT2D eigenvalue weighted by atomic mass is 10.1. The first kappa shape index (κ1) is 19.2. The monoisotopic (exact) mass is 419 g/mol. The molecule has 0 aliphatic rings. The molecule has 0 unspecified atom stereocenters. The average molecular weight is 420 g/mol. The highest BCUT2D eigenvalue weighted by molar-refractivity contribution is 9.10. The van der Waals surface area contributed by atoms with Crippen molar-refractivity contribution in [1.29, 1.82) is 0 Å². The number of halogens is 5. The van der Waals surface area contributed by atoms with E-state index in [2.05, 4.69) is 26.0 Å². The van der Waals surface area contributed by atoms with Crippen LogP contribution in [0.15, 0.2) is 40.9 Å². The van der Waals surface area contributed by atoms with E-state index in [9.17, 15) is 22.4 Å². The Morgan fingerprint density at radius 2 is 1.84 bits per heavy atom. The van der Waals surface area contributed by atoms with E-state index in [-0.39, 0.29) is 30.7 Å². The molecule has 1 N–H and O–H groups in total. The molecule has 2 aromatic rings. The Balaban J connectivity index is 1.95. The standard InChI is InChI=1S/C17H14BrF4NO2/c18-11-4-6-15(25-17(21)22)10(8-11)9-23-16(24)7-5-12-13(19)2-1-3-14(12)20/h1-4,6,8,17H,5,7,9H2,(H,23,24). The van der Waals surface area contributed by atoms with Gasteiger partial charge >= 0.3 is 6.61 Å². The van der Waals surface area contributed by atoms with Crippen molar-refractivity contribution in [2.45, 2.75) is 26.0 Å². The van der Waals surface area contributed by atoms with Gasteiger partial charge in [-0.05, 0) is 36.8 Å². The molecule has 1 amide bonds. The van der Waals surface area contributed by atoms with Crippen LogP contribution in [0.3, 0.4) is 0 Å². The number of hydrogen-bond acceptors (Lipinski definition) is 2. The highest BCUT2D eigenvalue weighted by atomic mass is 79.9. The summed E-state index contributed by atoms with van der Waals surface area (Å²) in [6, 6.07) is 7.90. The molecule has 0 heterocycles. The summed E-state index contributed by atoms with van der Waals surface area (Å²) in [6.07, 6.45) is -0.250. The molecular weight excluding hydrogens is 406 g/mol. The molecule has 3 nitrogen and oxygen atoms in total. The van der Waals surface area contributed by atoms with Crippen LogP contribution >= 0.6 is 15.9 Å². The van der Waals surface area contributed by atoms with E-state index in [4.69, 9.17) is 0 Å². The predicted molar refractivity (Wildman–Crippen MR) is 87.3 cm³/mol. The highest BCUT2D eigenvalue weighted by Gasteiger charge is 2.13. The number of carbonyl (C=O) groups is 1. The van der Waals surface area contributed by atoms with Gasteiger partial charge in [0.15, 0.2) is 0 Å². The molecule has 0 spiro atoms. The van der Waals surface area contributed by atoms with Gasteiger partial charge in [-0.15, -0.1) is 0 Å². The second kappa shape index (κ2) is 8.84. The predicted octanol–water partition coefficient (Wildman–Crippen LogP) is 4.58. The molecule has 0 aliphatic carbocycles. The first-order valence-corrected chi connectivity index (χ1v) is 8.09. The van der Waals surface area contributed by atoms with Crippen molar-refractivity contribution >= 4 is 21.8 Å². The van der Waals surface area contributed by atoms with Crippen molar-refractivity contribution in [3.05, 3.63) is 63.6 Å². The zero-order chi connectivity index (χ0) is 18.4. The maximum absolute atomic E-state index is 13.5. The van der Waals surface area contributed by atoms with Gasteiger partial charge < -0.3 is 10.1 Å². The quantitative estimate of drug-likeness (QED) is 0.667. The normalized spacial score (nSPS) is 10.8. The minimum Gasteiger partial charge on any atom is -0.434 e. The zero-order valence-corrected chi connectivity index (χ0v) is 14.5. The van der Waals surface area contributed by atoms with Crippen LogP contribution in [0.25, 0.3) is 0 Å². The summed E-state index contributed by atoms with van der Waals surface area (Å²) in [6.45, 7) is -3.04. The van der Waals surface area contributed by atoms with Crippen molar-refractivity contribution in [2.24, 2.45) is 0 Å². The summed E-state index contributed by atoms with van der Waals surface area (Å²) in [5.41, 5.74) is 0.182. The number of rotatable bonds is 7. The largest absolute Gasteiger partial charge is 0.434 e. The van der Waals surface area contributed by atoms with Crippen LogP contribution in [-0.4, -0.2) is 12.5 Å². The molecule has 0 aromatic heterocycles. The summed E-state index contributed by atoms with van der Waals surface area (Å²) < 4.78 is 56.8. The third kappa shape index (κ3) is 5.74. The number of hydrogen-bond donors (Lipinski definition) is 1. The Kier molecular flexibility index (Phi) is 6.81. The van der Waals surface area contributed by atoms with Crippen LogP contribution in [0.4, 0.5) is 17.6 Å². The lowest BCUT2D eigenvalue weighted by Gasteiger charge is -2.12. The van der Waals surface area contributed by atoms with Crippen LogP contribution in [0, 0.1) is 11.6 Å². The number of alkyl halides is 2. The first-order valence-electron chi connectivity index (χ1n) is 7.29. The van der Waals surface area contributed by atoms with Gasteiger partial charge in [0.25, 0.3) is 0 Å². The van der Waals surface area contributed by atoms with E-state index in [1.807, 2.05) is 0 Å². The minimum absolute atomic E-state index is 0.0555. The molecule has 2 rings (SSSR count). The Bertz CT molecular complexity index is 735. The maximum atomic E-state index is 13.5. The van der Waals surface area contributed by atoms with Crippen LogP contribution in [0.5, 0.6) is 5.75 Å². The Labute approximate surface area is 150 Å². The highest BCUT2D eigenvalue weighted by Crippen LogP contribution is 2.24. The van der Waals surface area contributed by atoms with Crippen molar-refractivity contribution < 1.29 is 27.1 Å². The summed E-state index contributed by atoms with van der Waals surface area (Å²) >= 11 is 3.21. The van der Waals surface area contributed by atoms with E-state index in [1.54, 1.807) is 0 Å². The molecule has 0 saturated heterocycles. The van der Waals surface area contributed by atoms with E-state index < -0.39 is 24.2 Å². The van der Waals surface area contributed by atoms with Crippen molar-refractivity contribution in [1.82, 2.24) is 5.32 Å². The van der Waals surface area contributed by atoms with Gasteiger partial charge in [0, 0.05) is 28.6 Å². The zero-order valence-electron chi connectivity index (χ0n) is 12.9. The van der Waals surface area contributed by atoms with Gasteiger partial charge in [-0.3, -0.25) is 4.79 Å². The van der Waals surface area contributed by atoms with Gasteiger partial charge in [-0.2, -0.15) is 8.78 Å². The topological polar surface area (TPSA) is 38.3 Å². The summed E-state index contributed by atoms with van der Waals surface area (Å²) in [5.74, 6) is -1.95. The second-order valence-corrected chi connectivity index (χ2v) is 6.02. The summed E-state index contributed by atoms with van der Waals surface area (Å²) in [4.78, 5) is 11.9. The fourth-order valence-corrected chi connectivity index (χ4v) is 2.60. The minimum atomic E-state index is -2.99. The van der Waals surface area contributed by atoms with E-state index in [0.29, 0.717) is 10.0 Å². The third-order valence-electron chi connectivity index (χ3n) is 3.38. The van der Waals surface area contributed by atoms with Crippen LogP contribution in [0.1, 0.15) is 17.5 Å². The molecular formula is C17H14BrF4NO2. The number of carbonyl (C=O) groups excluding carboxylic acids is 1. The van der Waals surface area contributed by atoms with Crippen molar-refractivity contribution in [3.8, 4) is 5.75 Å². The number of amides is 1. The van der Waals surface area contributed by atoms with Gasteiger partial charge in [0.05, 0.1) is 0 Å². The van der Waals surface area contributed by atoms with E-state index in [1.165, 1.54) is 24.3 Å². The number of benzene rings is 2. The van der Waals surface area contributed by atoms with E-state index in [0.717, 1.165) is 12.1 Å². The lowest BCUT2D eigenvalue weighted by Crippen LogP contribution is -2.23. The van der Waals surface area contributed by atoms with Crippen LogP contribution < -0.4 is 10.1 Å². The molecule has 0 atom stereocenters. The lowest BCUT2D eigenvalue weighted by molar-refractivity contribution is -0.121. The molecule has 0 radical (unpaired) electrons. The average Bonchev–Trinajstić information content (AvgIpc) is 2.54. The van der Waals surface area contributed by atoms with Gasteiger partial charge in [0.1, 0.15) is 17.4 Å². The molecule has 134 valence electrons. The Morgan fingerprint density at radius 1 is 1.16 bits per heavy atom. The Hall–Kier alpha value is -2.09. The second-order valence-electron chi connectivity index (χ2n) is 5.11. The van der Waals surface area contributed by atoms with Gasteiger partial charge in [-0.1, -0.05) is 22.0 Å².